The number of aliphatic hydroxyl groups is 2. The summed E-state index contributed by atoms with van der Waals surface area (Å²) < 4.78 is 28.3. The number of carboxylic acid groups (broad SMARTS) is 1. The van der Waals surface area contributed by atoms with Crippen LogP contribution in [0.1, 0.15) is 239 Å². The Kier molecular flexibility index (Phi) is 45.1. The fraction of sp³-hybridized carbons (Fsp3) is 0.738. The van der Waals surface area contributed by atoms with Crippen LogP contribution >= 0.6 is 0 Å². The van der Waals surface area contributed by atoms with Crippen molar-refractivity contribution in [2.45, 2.75) is 276 Å². The second-order valence-electron chi connectivity index (χ2n) is 19.5. The van der Waals surface area contributed by atoms with Crippen LogP contribution in [0.5, 0.6) is 0 Å². The quantitative estimate of drug-likeness (QED) is 0.0228. The highest BCUT2D eigenvalue weighted by Gasteiger charge is 2.50. The van der Waals surface area contributed by atoms with Gasteiger partial charge in [0.15, 0.2) is 24.6 Å². The highest BCUT2D eigenvalue weighted by atomic mass is 16.7. The topological polar surface area (TPSA) is 175 Å². The number of hydrogen-bond donors (Lipinski definition) is 3. The van der Waals surface area contributed by atoms with Crippen LogP contribution < -0.4 is 0 Å². The maximum atomic E-state index is 13.1. The number of ether oxygens (including phenoxy) is 5. The number of carbonyl (C=O) groups is 4. The lowest BCUT2D eigenvalue weighted by atomic mass is 9.98. The Balaban J connectivity index is 2.69. The lowest BCUT2D eigenvalue weighted by Crippen LogP contribution is -2.61. The molecule has 73 heavy (non-hydrogen) atoms. The van der Waals surface area contributed by atoms with Crippen LogP contribution in [0.15, 0.2) is 72.9 Å². The van der Waals surface area contributed by atoms with E-state index in [9.17, 15) is 34.5 Å². The van der Waals surface area contributed by atoms with Crippen molar-refractivity contribution in [3.8, 4) is 0 Å². The lowest BCUT2D eigenvalue weighted by Gasteiger charge is -2.40. The van der Waals surface area contributed by atoms with Gasteiger partial charge in [0, 0.05) is 19.3 Å². The molecule has 0 aromatic carbocycles. The van der Waals surface area contributed by atoms with Gasteiger partial charge in [0.1, 0.15) is 18.8 Å². The van der Waals surface area contributed by atoms with Crippen molar-refractivity contribution in [2.24, 2.45) is 0 Å². The van der Waals surface area contributed by atoms with Crippen molar-refractivity contribution in [2.75, 3.05) is 13.2 Å². The zero-order valence-electron chi connectivity index (χ0n) is 45.9. The minimum absolute atomic E-state index is 0.0467. The summed E-state index contributed by atoms with van der Waals surface area (Å²) in [4.78, 5) is 51.0. The summed E-state index contributed by atoms with van der Waals surface area (Å²) in [5.74, 6) is -3.16. The van der Waals surface area contributed by atoms with Crippen LogP contribution in [-0.4, -0.2) is 89.2 Å². The first-order valence-corrected chi connectivity index (χ1v) is 28.9. The predicted molar refractivity (Wildman–Crippen MR) is 294 cm³/mol. The molecule has 0 saturated carbocycles. The van der Waals surface area contributed by atoms with E-state index in [2.05, 4.69) is 93.7 Å². The van der Waals surface area contributed by atoms with E-state index in [1.807, 2.05) is 0 Å². The van der Waals surface area contributed by atoms with Crippen LogP contribution in [0.2, 0.25) is 0 Å². The first kappa shape index (κ1) is 67.2. The van der Waals surface area contributed by atoms with Gasteiger partial charge in [-0.3, -0.25) is 14.4 Å². The third-order valence-corrected chi connectivity index (χ3v) is 12.7. The van der Waals surface area contributed by atoms with Crippen LogP contribution in [0.3, 0.4) is 0 Å². The molecule has 1 rings (SSSR count). The molecule has 0 amide bonds. The highest BCUT2D eigenvalue weighted by molar-refractivity contribution is 5.74. The molecule has 0 radical (unpaired) electrons. The molecule has 0 bridgehead atoms. The van der Waals surface area contributed by atoms with Gasteiger partial charge < -0.3 is 39.0 Å². The Morgan fingerprint density at radius 1 is 0.466 bits per heavy atom. The minimum atomic E-state index is -1.91. The van der Waals surface area contributed by atoms with E-state index >= 15 is 0 Å². The number of allylic oxidation sites excluding steroid dienone is 12. The number of aliphatic carboxylic acids is 1. The second-order valence-corrected chi connectivity index (χ2v) is 19.5. The molecular formula is C61H102O12. The molecule has 1 aliphatic rings. The Bertz CT molecular complexity index is 1550. The maximum absolute atomic E-state index is 13.1. The van der Waals surface area contributed by atoms with Crippen LogP contribution in [0.25, 0.3) is 0 Å². The zero-order chi connectivity index (χ0) is 53.3. The Labute approximate surface area is 442 Å². The fourth-order valence-corrected chi connectivity index (χ4v) is 8.27. The number of esters is 3. The van der Waals surface area contributed by atoms with Gasteiger partial charge in [-0.1, -0.05) is 190 Å². The molecule has 12 nitrogen and oxygen atoms in total. The first-order chi connectivity index (χ1) is 35.6. The third-order valence-electron chi connectivity index (χ3n) is 12.7. The van der Waals surface area contributed by atoms with Gasteiger partial charge in [0.2, 0.25) is 0 Å². The van der Waals surface area contributed by atoms with E-state index in [1.165, 1.54) is 38.5 Å². The van der Waals surface area contributed by atoms with Gasteiger partial charge >= 0.3 is 23.9 Å². The molecule has 1 fully saturated rings. The van der Waals surface area contributed by atoms with Gasteiger partial charge in [0.25, 0.3) is 0 Å². The molecule has 1 heterocycles. The average molecular weight is 1030 g/mol. The Hall–Kier alpha value is -3.84. The number of rotatable bonds is 48. The Morgan fingerprint density at radius 3 is 1.37 bits per heavy atom. The molecule has 0 aromatic rings. The van der Waals surface area contributed by atoms with Crippen molar-refractivity contribution < 1.29 is 58.2 Å². The number of hydrogen-bond acceptors (Lipinski definition) is 11. The molecule has 6 atom stereocenters. The summed E-state index contributed by atoms with van der Waals surface area (Å²) in [5.41, 5.74) is 0. The van der Waals surface area contributed by atoms with Crippen molar-refractivity contribution in [3.63, 3.8) is 0 Å². The molecule has 0 spiro atoms. The van der Waals surface area contributed by atoms with E-state index in [0.717, 1.165) is 141 Å². The molecular weight excluding hydrogens is 925 g/mol. The molecule has 1 aliphatic heterocycles. The van der Waals surface area contributed by atoms with Gasteiger partial charge in [-0.05, 0) is 103 Å². The number of unbranched alkanes of at least 4 members (excludes halogenated alkanes) is 22. The standard InChI is InChI=1S/C61H102O12/c1-4-7-10-13-16-19-22-24-25-26-27-28-29-31-33-35-38-41-44-47-53(62)69-50-52(71-54(63)48-45-42-39-36-32-21-18-15-12-9-6-3)51-70-61-59(57(66)56(65)58(73-61)60(67)68)72-55(64)49-46-43-40-37-34-30-23-20-17-14-11-8-5-2/h7,10,15-16,18-20,23-25,27-28,52,56-59,61,65-66H,4-6,8-9,11-14,17,21-22,26,29-51H2,1-3H3,(H,67,68)/b10-7-,18-15-,19-16-,23-20-,25-24-,28-27-. The summed E-state index contributed by atoms with van der Waals surface area (Å²) in [6.45, 7) is 5.79. The van der Waals surface area contributed by atoms with Gasteiger partial charge in [0.05, 0.1) is 6.61 Å². The molecule has 3 N–H and O–H groups in total. The van der Waals surface area contributed by atoms with Crippen LogP contribution in [-0.2, 0) is 42.9 Å². The molecule has 6 unspecified atom stereocenters. The average Bonchev–Trinajstić information content (AvgIpc) is 3.37. The van der Waals surface area contributed by atoms with Crippen LogP contribution in [0.4, 0.5) is 0 Å². The molecule has 1 saturated heterocycles. The zero-order valence-corrected chi connectivity index (χ0v) is 45.9. The largest absolute Gasteiger partial charge is 0.479 e. The van der Waals surface area contributed by atoms with Gasteiger partial charge in [-0.15, -0.1) is 0 Å². The summed E-state index contributed by atoms with van der Waals surface area (Å²) in [5, 5.41) is 31.4. The van der Waals surface area contributed by atoms with Gasteiger partial charge in [-0.25, -0.2) is 4.79 Å². The summed E-state index contributed by atoms with van der Waals surface area (Å²) >= 11 is 0. The van der Waals surface area contributed by atoms with E-state index in [4.69, 9.17) is 23.7 Å². The lowest BCUT2D eigenvalue weighted by molar-refractivity contribution is -0.301. The smallest absolute Gasteiger partial charge is 0.335 e. The molecule has 418 valence electrons. The number of carbonyl (C=O) groups excluding carboxylic acids is 3. The van der Waals surface area contributed by atoms with Crippen molar-refractivity contribution in [1.29, 1.82) is 0 Å². The summed E-state index contributed by atoms with van der Waals surface area (Å²) in [7, 11) is 0. The molecule has 12 heteroatoms. The number of carboxylic acids is 1. The van der Waals surface area contributed by atoms with Crippen molar-refractivity contribution in [1.82, 2.24) is 0 Å². The fourth-order valence-electron chi connectivity index (χ4n) is 8.27. The van der Waals surface area contributed by atoms with Crippen LogP contribution in [0, 0.1) is 0 Å². The summed E-state index contributed by atoms with van der Waals surface area (Å²) in [6, 6.07) is 0. The molecule has 0 aliphatic carbocycles. The monoisotopic (exact) mass is 1030 g/mol. The predicted octanol–water partition coefficient (Wildman–Crippen LogP) is 14.6. The van der Waals surface area contributed by atoms with E-state index < -0.39 is 67.3 Å². The highest BCUT2D eigenvalue weighted by Crippen LogP contribution is 2.26. The van der Waals surface area contributed by atoms with E-state index in [0.29, 0.717) is 19.3 Å². The SMILES string of the molecule is CC/C=C\C/C=C\C/C=C\C/C=C\CCCCCCCCC(=O)OCC(COC1OC(C(=O)O)C(O)C(O)C1OC(=O)CCCCCCC/C=C\CCCCCC)OC(=O)CCCCCCC/C=C\CCCC. The molecule has 0 aromatic heterocycles. The second kappa shape index (κ2) is 49.1. The minimum Gasteiger partial charge on any atom is -0.479 e. The number of aliphatic hydroxyl groups excluding tert-OH is 2. The normalized spacial score (nSPS) is 18.8. The van der Waals surface area contributed by atoms with E-state index in [-0.39, 0.29) is 25.9 Å². The van der Waals surface area contributed by atoms with Crippen molar-refractivity contribution >= 4 is 23.9 Å². The Morgan fingerprint density at radius 2 is 0.877 bits per heavy atom. The third kappa shape index (κ3) is 39.3. The van der Waals surface area contributed by atoms with E-state index in [1.54, 1.807) is 0 Å². The van der Waals surface area contributed by atoms with Gasteiger partial charge in [-0.2, -0.15) is 0 Å². The van der Waals surface area contributed by atoms with Crippen molar-refractivity contribution in [3.05, 3.63) is 72.9 Å². The summed E-state index contributed by atoms with van der Waals surface area (Å²) in [6.07, 6.45) is 48.8. The first-order valence-electron chi connectivity index (χ1n) is 28.9. The maximum Gasteiger partial charge on any atom is 0.335 e.